The van der Waals surface area contributed by atoms with E-state index >= 15 is 0 Å². The van der Waals surface area contributed by atoms with E-state index in [-0.39, 0.29) is 17.7 Å². The van der Waals surface area contributed by atoms with Crippen molar-refractivity contribution in [3.63, 3.8) is 0 Å². The van der Waals surface area contributed by atoms with Gasteiger partial charge in [-0.05, 0) is 48.4 Å². The summed E-state index contributed by atoms with van der Waals surface area (Å²) in [5.41, 5.74) is 6.49. The number of alkyl halides is 2. The van der Waals surface area contributed by atoms with Gasteiger partial charge >= 0.3 is 6.61 Å². The van der Waals surface area contributed by atoms with Crippen LogP contribution in [0.25, 0.3) is 0 Å². The molecule has 4 nitrogen and oxygen atoms in total. The van der Waals surface area contributed by atoms with E-state index in [9.17, 15) is 22.4 Å². The Labute approximate surface area is 141 Å². The van der Waals surface area contributed by atoms with E-state index in [0.717, 1.165) is 18.2 Å². The van der Waals surface area contributed by atoms with Gasteiger partial charge in [0.15, 0.2) is 0 Å². The zero-order valence-electron chi connectivity index (χ0n) is 13.3. The number of anilines is 1. The number of hydrogen-bond acceptors (Lipinski definition) is 3. The van der Waals surface area contributed by atoms with Crippen molar-refractivity contribution >= 4 is 11.6 Å². The molecule has 2 rings (SSSR count). The SMILES string of the molecule is CN(C(=O)[C@@H](N)Cc1cc(F)cc(F)c1)c1ccc(OC(F)F)cc1. The molecule has 0 aliphatic heterocycles. The summed E-state index contributed by atoms with van der Waals surface area (Å²) < 4.78 is 54.8. The van der Waals surface area contributed by atoms with Gasteiger partial charge in [0.1, 0.15) is 17.4 Å². The first-order valence-electron chi connectivity index (χ1n) is 7.29. The van der Waals surface area contributed by atoms with Gasteiger partial charge in [0, 0.05) is 18.8 Å². The lowest BCUT2D eigenvalue weighted by molar-refractivity contribution is -0.119. The van der Waals surface area contributed by atoms with Gasteiger partial charge in [-0.2, -0.15) is 8.78 Å². The summed E-state index contributed by atoms with van der Waals surface area (Å²) in [6.07, 6.45) is -0.0512. The zero-order valence-corrected chi connectivity index (χ0v) is 13.3. The molecule has 0 bridgehead atoms. The molecule has 2 aromatic carbocycles. The van der Waals surface area contributed by atoms with Crippen molar-refractivity contribution in [1.82, 2.24) is 0 Å². The molecule has 0 aromatic heterocycles. The number of carbonyl (C=O) groups is 1. The molecule has 1 atom stereocenters. The minimum absolute atomic E-state index is 0.0425. The summed E-state index contributed by atoms with van der Waals surface area (Å²) >= 11 is 0. The molecule has 2 N–H and O–H groups in total. The highest BCUT2D eigenvalue weighted by Crippen LogP contribution is 2.21. The van der Waals surface area contributed by atoms with Gasteiger partial charge in [-0.1, -0.05) is 0 Å². The van der Waals surface area contributed by atoms with Crippen molar-refractivity contribution in [1.29, 1.82) is 0 Å². The van der Waals surface area contributed by atoms with E-state index < -0.39 is 30.2 Å². The average Bonchev–Trinajstić information content (AvgIpc) is 2.52. The van der Waals surface area contributed by atoms with Crippen LogP contribution in [0.3, 0.4) is 0 Å². The van der Waals surface area contributed by atoms with Crippen LogP contribution in [0.15, 0.2) is 42.5 Å². The summed E-state index contributed by atoms with van der Waals surface area (Å²) in [5, 5.41) is 0. The van der Waals surface area contributed by atoms with Crippen LogP contribution in [0, 0.1) is 11.6 Å². The maximum atomic E-state index is 13.2. The molecule has 134 valence electrons. The number of nitrogens with zero attached hydrogens (tertiary/aromatic N) is 1. The van der Waals surface area contributed by atoms with Crippen LogP contribution in [0.5, 0.6) is 5.75 Å². The highest BCUT2D eigenvalue weighted by atomic mass is 19.3. The fourth-order valence-electron chi connectivity index (χ4n) is 2.30. The molecule has 0 fully saturated rings. The number of rotatable bonds is 6. The minimum atomic E-state index is -2.94. The van der Waals surface area contributed by atoms with Crippen molar-refractivity contribution in [3.8, 4) is 5.75 Å². The van der Waals surface area contributed by atoms with Gasteiger partial charge in [-0.3, -0.25) is 4.79 Å². The van der Waals surface area contributed by atoms with E-state index in [1.807, 2.05) is 0 Å². The summed E-state index contributed by atoms with van der Waals surface area (Å²) in [7, 11) is 1.46. The number of ether oxygens (including phenoxy) is 1. The molecular formula is C17H16F4N2O2. The van der Waals surface area contributed by atoms with Crippen LogP contribution in [0.2, 0.25) is 0 Å². The number of amides is 1. The normalized spacial score (nSPS) is 12.1. The Kier molecular flexibility index (Phi) is 5.97. The Morgan fingerprint density at radius 2 is 1.68 bits per heavy atom. The minimum Gasteiger partial charge on any atom is -0.435 e. The lowest BCUT2D eigenvalue weighted by Gasteiger charge is -2.22. The molecule has 25 heavy (non-hydrogen) atoms. The Hall–Kier alpha value is -2.61. The van der Waals surface area contributed by atoms with Crippen LogP contribution < -0.4 is 15.4 Å². The third-order valence-corrected chi connectivity index (χ3v) is 3.47. The van der Waals surface area contributed by atoms with Crippen molar-refractivity contribution in [2.75, 3.05) is 11.9 Å². The van der Waals surface area contributed by atoms with E-state index in [0.29, 0.717) is 5.69 Å². The van der Waals surface area contributed by atoms with Crippen LogP contribution in [0.4, 0.5) is 23.2 Å². The fraction of sp³-hybridized carbons (Fsp3) is 0.235. The van der Waals surface area contributed by atoms with Crippen LogP contribution in [-0.4, -0.2) is 25.6 Å². The zero-order chi connectivity index (χ0) is 18.6. The summed E-state index contributed by atoms with van der Waals surface area (Å²) in [5.74, 6) is -2.04. The third kappa shape index (κ3) is 5.18. The number of carbonyl (C=O) groups excluding carboxylic acids is 1. The van der Waals surface area contributed by atoms with Crippen LogP contribution in [0.1, 0.15) is 5.56 Å². The van der Waals surface area contributed by atoms with Crippen molar-refractivity contribution in [2.45, 2.75) is 19.1 Å². The van der Waals surface area contributed by atoms with Crippen LogP contribution in [-0.2, 0) is 11.2 Å². The number of hydrogen-bond donors (Lipinski definition) is 1. The molecule has 2 aromatic rings. The van der Waals surface area contributed by atoms with E-state index in [4.69, 9.17) is 5.73 Å². The Morgan fingerprint density at radius 3 is 2.20 bits per heavy atom. The molecule has 0 saturated carbocycles. The molecule has 8 heteroatoms. The Balaban J connectivity index is 2.05. The molecule has 0 radical (unpaired) electrons. The van der Waals surface area contributed by atoms with Gasteiger partial charge < -0.3 is 15.4 Å². The van der Waals surface area contributed by atoms with Crippen molar-refractivity contribution in [3.05, 3.63) is 59.7 Å². The second-order valence-corrected chi connectivity index (χ2v) is 5.36. The quantitative estimate of drug-likeness (QED) is 0.810. The Bertz CT molecular complexity index is 718. The van der Waals surface area contributed by atoms with Crippen molar-refractivity contribution < 1.29 is 27.1 Å². The van der Waals surface area contributed by atoms with Crippen molar-refractivity contribution in [2.24, 2.45) is 5.73 Å². The number of benzene rings is 2. The summed E-state index contributed by atoms with van der Waals surface area (Å²) in [6.45, 7) is -2.94. The lowest BCUT2D eigenvalue weighted by Crippen LogP contribution is -2.43. The van der Waals surface area contributed by atoms with E-state index in [1.165, 1.54) is 36.2 Å². The molecule has 0 spiro atoms. The molecule has 0 heterocycles. The average molecular weight is 356 g/mol. The number of likely N-dealkylation sites (N-methyl/N-ethyl adjacent to an activating group) is 1. The topological polar surface area (TPSA) is 55.6 Å². The highest BCUT2D eigenvalue weighted by molar-refractivity contribution is 5.96. The first kappa shape index (κ1) is 18.7. The number of halogens is 4. The smallest absolute Gasteiger partial charge is 0.387 e. The van der Waals surface area contributed by atoms with E-state index in [2.05, 4.69) is 4.74 Å². The second kappa shape index (κ2) is 7.98. The highest BCUT2D eigenvalue weighted by Gasteiger charge is 2.20. The van der Waals surface area contributed by atoms with Crippen LogP contribution >= 0.6 is 0 Å². The first-order valence-corrected chi connectivity index (χ1v) is 7.29. The molecule has 1 amide bonds. The maximum absolute atomic E-state index is 13.2. The maximum Gasteiger partial charge on any atom is 0.387 e. The largest absolute Gasteiger partial charge is 0.435 e. The lowest BCUT2D eigenvalue weighted by atomic mass is 10.0. The Morgan fingerprint density at radius 1 is 1.12 bits per heavy atom. The second-order valence-electron chi connectivity index (χ2n) is 5.36. The number of nitrogens with two attached hydrogens (primary N) is 1. The standard InChI is InChI=1S/C17H16F4N2O2/c1-23(13-2-4-14(5-3-13)25-17(20)21)16(24)15(22)8-10-6-11(18)9-12(19)7-10/h2-7,9,15,17H,8,22H2,1H3/t15-/m0/s1. The van der Waals surface area contributed by atoms with Gasteiger partial charge in [-0.25, -0.2) is 8.78 Å². The van der Waals surface area contributed by atoms with Gasteiger partial charge in [0.05, 0.1) is 6.04 Å². The first-order chi connectivity index (χ1) is 11.8. The molecule has 0 aliphatic rings. The monoisotopic (exact) mass is 356 g/mol. The molecule has 0 aliphatic carbocycles. The molecular weight excluding hydrogens is 340 g/mol. The third-order valence-electron chi connectivity index (χ3n) is 3.47. The van der Waals surface area contributed by atoms with Gasteiger partial charge in [-0.15, -0.1) is 0 Å². The van der Waals surface area contributed by atoms with E-state index in [1.54, 1.807) is 0 Å². The predicted molar refractivity (Wildman–Crippen MR) is 84.5 cm³/mol. The summed E-state index contributed by atoms with van der Waals surface area (Å²) in [4.78, 5) is 13.6. The summed E-state index contributed by atoms with van der Waals surface area (Å²) in [6, 6.07) is 7.33. The molecule has 0 unspecified atom stereocenters. The van der Waals surface area contributed by atoms with Gasteiger partial charge in [0.2, 0.25) is 5.91 Å². The molecule has 0 saturated heterocycles. The van der Waals surface area contributed by atoms with Gasteiger partial charge in [0.25, 0.3) is 0 Å². The fourth-order valence-corrected chi connectivity index (χ4v) is 2.30. The predicted octanol–water partition coefficient (Wildman–Crippen LogP) is 3.10.